The fourth-order valence-electron chi connectivity index (χ4n) is 1.53. The molecule has 2 rings (SSSR count). The first-order chi connectivity index (χ1) is 8.28. The Labute approximate surface area is 98.9 Å². The van der Waals surface area contributed by atoms with Gasteiger partial charge in [-0.15, -0.1) is 0 Å². The van der Waals surface area contributed by atoms with E-state index in [9.17, 15) is 4.39 Å². The third kappa shape index (κ3) is 3.26. The Balaban J connectivity index is 2.02. The topological polar surface area (TPSA) is 45.1 Å². The molecule has 3 nitrogen and oxygen atoms in total. The van der Waals surface area contributed by atoms with Gasteiger partial charge in [0, 0.05) is 18.4 Å². The molecule has 88 valence electrons. The maximum absolute atomic E-state index is 12.9. The van der Waals surface area contributed by atoms with E-state index in [-0.39, 0.29) is 12.4 Å². The normalized spacial score (nSPS) is 10.2. The summed E-state index contributed by atoms with van der Waals surface area (Å²) < 4.78 is 12.9. The van der Waals surface area contributed by atoms with E-state index in [1.54, 1.807) is 24.4 Å². The Kier molecular flexibility index (Phi) is 3.67. The highest BCUT2D eigenvalue weighted by atomic mass is 19.1. The van der Waals surface area contributed by atoms with Crippen LogP contribution >= 0.6 is 0 Å². The van der Waals surface area contributed by atoms with Gasteiger partial charge in [-0.25, -0.2) is 4.39 Å². The van der Waals surface area contributed by atoms with Crippen molar-refractivity contribution in [2.24, 2.45) is 0 Å². The molecule has 0 atom stereocenters. The van der Waals surface area contributed by atoms with Gasteiger partial charge in [0.1, 0.15) is 5.82 Å². The zero-order valence-corrected chi connectivity index (χ0v) is 9.23. The Morgan fingerprint density at radius 3 is 2.88 bits per heavy atom. The molecule has 0 aliphatic rings. The summed E-state index contributed by atoms with van der Waals surface area (Å²) in [4.78, 5) is 3.98. The van der Waals surface area contributed by atoms with E-state index < -0.39 is 0 Å². The molecule has 1 aromatic carbocycles. The minimum Gasteiger partial charge on any atom is -0.390 e. The largest absolute Gasteiger partial charge is 0.390 e. The molecule has 17 heavy (non-hydrogen) atoms. The lowest BCUT2D eigenvalue weighted by Gasteiger charge is -2.07. The molecule has 0 unspecified atom stereocenters. The highest BCUT2D eigenvalue weighted by Crippen LogP contribution is 2.11. The minimum absolute atomic E-state index is 0.0878. The number of halogens is 1. The summed E-state index contributed by atoms with van der Waals surface area (Å²) in [5, 5.41) is 12.1. The molecule has 1 aromatic heterocycles. The molecule has 1 heterocycles. The molecule has 0 saturated heterocycles. The van der Waals surface area contributed by atoms with Gasteiger partial charge < -0.3 is 10.4 Å². The van der Waals surface area contributed by atoms with Gasteiger partial charge in [0.2, 0.25) is 0 Å². The van der Waals surface area contributed by atoms with Crippen LogP contribution < -0.4 is 5.32 Å². The summed E-state index contributed by atoms with van der Waals surface area (Å²) >= 11 is 0. The highest BCUT2D eigenvalue weighted by Gasteiger charge is 1.98. The van der Waals surface area contributed by atoms with Crippen LogP contribution in [0.2, 0.25) is 0 Å². The monoisotopic (exact) mass is 232 g/mol. The molecule has 2 N–H and O–H groups in total. The Hall–Kier alpha value is -1.94. The van der Waals surface area contributed by atoms with Crippen molar-refractivity contribution >= 4 is 5.69 Å². The zero-order valence-electron chi connectivity index (χ0n) is 9.23. The quantitative estimate of drug-likeness (QED) is 0.850. The van der Waals surface area contributed by atoms with E-state index >= 15 is 0 Å². The van der Waals surface area contributed by atoms with Gasteiger partial charge in [-0.05, 0) is 29.8 Å². The summed E-state index contributed by atoms with van der Waals surface area (Å²) in [5.41, 5.74) is 2.33. The van der Waals surface area contributed by atoms with Crippen molar-refractivity contribution in [3.05, 3.63) is 59.7 Å². The fourth-order valence-corrected chi connectivity index (χ4v) is 1.53. The predicted octanol–water partition coefficient (Wildman–Crippen LogP) is 2.33. The minimum atomic E-state index is -0.241. The van der Waals surface area contributed by atoms with Gasteiger partial charge in [0.15, 0.2) is 0 Å². The first kappa shape index (κ1) is 11.5. The molecular formula is C13H13FN2O. The number of aromatic nitrogens is 1. The molecule has 2 aromatic rings. The second kappa shape index (κ2) is 5.41. The summed E-state index contributed by atoms with van der Waals surface area (Å²) in [6.07, 6.45) is 1.62. The van der Waals surface area contributed by atoms with Crippen LogP contribution in [0.4, 0.5) is 10.1 Å². The second-order valence-electron chi connectivity index (χ2n) is 3.68. The lowest BCUT2D eigenvalue weighted by atomic mass is 10.2. The Bertz CT molecular complexity index is 502. The molecule has 0 fully saturated rings. The lowest BCUT2D eigenvalue weighted by Crippen LogP contribution is -2.01. The first-order valence-electron chi connectivity index (χ1n) is 5.32. The van der Waals surface area contributed by atoms with Crippen LogP contribution in [0.3, 0.4) is 0 Å². The van der Waals surface area contributed by atoms with Gasteiger partial charge in [-0.3, -0.25) is 4.98 Å². The van der Waals surface area contributed by atoms with E-state index in [4.69, 9.17) is 5.11 Å². The molecule has 0 amide bonds. The smallest absolute Gasteiger partial charge is 0.123 e. The molecule has 0 radical (unpaired) electrons. The molecular weight excluding hydrogens is 219 g/mol. The third-order valence-electron chi connectivity index (χ3n) is 2.36. The average Bonchev–Trinajstić information content (AvgIpc) is 2.37. The van der Waals surface area contributed by atoms with Crippen molar-refractivity contribution in [1.29, 1.82) is 0 Å². The van der Waals surface area contributed by atoms with Crippen LogP contribution in [-0.2, 0) is 13.2 Å². The van der Waals surface area contributed by atoms with Crippen molar-refractivity contribution in [2.45, 2.75) is 13.2 Å². The van der Waals surface area contributed by atoms with Gasteiger partial charge >= 0.3 is 0 Å². The van der Waals surface area contributed by atoms with E-state index in [2.05, 4.69) is 10.3 Å². The number of benzene rings is 1. The van der Waals surface area contributed by atoms with Crippen molar-refractivity contribution in [3.63, 3.8) is 0 Å². The number of hydrogen-bond acceptors (Lipinski definition) is 3. The van der Waals surface area contributed by atoms with Gasteiger partial charge in [0.25, 0.3) is 0 Å². The second-order valence-corrected chi connectivity index (χ2v) is 3.68. The number of aliphatic hydroxyl groups is 1. The molecule has 0 bridgehead atoms. The molecule has 0 spiro atoms. The number of hydrogen-bond donors (Lipinski definition) is 2. The Morgan fingerprint density at radius 2 is 2.12 bits per heavy atom. The third-order valence-corrected chi connectivity index (χ3v) is 2.36. The van der Waals surface area contributed by atoms with Gasteiger partial charge in [-0.2, -0.15) is 0 Å². The number of aliphatic hydroxyl groups excluding tert-OH is 1. The van der Waals surface area contributed by atoms with E-state index in [1.807, 2.05) is 6.07 Å². The highest BCUT2D eigenvalue weighted by molar-refractivity contribution is 5.43. The molecule has 0 aliphatic heterocycles. The number of nitrogens with zero attached hydrogens (tertiary/aromatic N) is 1. The number of pyridine rings is 1. The lowest BCUT2D eigenvalue weighted by molar-refractivity contribution is 0.277. The van der Waals surface area contributed by atoms with Gasteiger partial charge in [0.05, 0.1) is 12.3 Å². The van der Waals surface area contributed by atoms with Crippen LogP contribution in [0, 0.1) is 5.82 Å². The maximum atomic E-state index is 12.9. The molecule has 0 saturated carbocycles. The molecule has 0 aliphatic carbocycles. The van der Waals surface area contributed by atoms with Crippen molar-refractivity contribution in [2.75, 3.05) is 5.32 Å². The summed E-state index contributed by atoms with van der Waals surface area (Å²) in [6.45, 7) is 0.447. The van der Waals surface area contributed by atoms with Crippen molar-refractivity contribution < 1.29 is 9.50 Å². The van der Waals surface area contributed by atoms with Crippen LogP contribution in [0.1, 0.15) is 11.3 Å². The number of rotatable bonds is 4. The van der Waals surface area contributed by atoms with Crippen LogP contribution in [0.15, 0.2) is 42.6 Å². The van der Waals surface area contributed by atoms with Crippen molar-refractivity contribution in [1.82, 2.24) is 4.98 Å². The van der Waals surface area contributed by atoms with Gasteiger partial charge in [-0.1, -0.05) is 12.1 Å². The molecule has 4 heteroatoms. The average molecular weight is 232 g/mol. The maximum Gasteiger partial charge on any atom is 0.123 e. The number of nitrogens with one attached hydrogen (secondary N) is 1. The van der Waals surface area contributed by atoms with Crippen LogP contribution in [0.5, 0.6) is 0 Å². The first-order valence-corrected chi connectivity index (χ1v) is 5.32. The number of anilines is 1. The fraction of sp³-hybridized carbons (Fsp3) is 0.154. The van der Waals surface area contributed by atoms with E-state index in [0.29, 0.717) is 12.2 Å². The summed E-state index contributed by atoms with van der Waals surface area (Å²) in [6, 6.07) is 10.0. The standard InChI is InChI=1S/C13H13FN2O/c14-11-3-1-2-10(6-11)8-16-12-4-5-15-13(7-12)9-17/h1-7,17H,8-9H2,(H,15,16). The van der Waals surface area contributed by atoms with Crippen molar-refractivity contribution in [3.8, 4) is 0 Å². The zero-order chi connectivity index (χ0) is 12.1. The SMILES string of the molecule is OCc1cc(NCc2cccc(F)c2)ccn1. The van der Waals surface area contributed by atoms with E-state index in [1.165, 1.54) is 12.1 Å². The van der Waals surface area contributed by atoms with Crippen LogP contribution in [0.25, 0.3) is 0 Å². The van der Waals surface area contributed by atoms with E-state index in [0.717, 1.165) is 11.3 Å². The summed E-state index contributed by atoms with van der Waals surface area (Å²) in [7, 11) is 0. The predicted molar refractivity (Wildman–Crippen MR) is 63.9 cm³/mol. The summed E-state index contributed by atoms with van der Waals surface area (Å²) in [5.74, 6) is -0.241. The van der Waals surface area contributed by atoms with Crippen LogP contribution in [-0.4, -0.2) is 10.1 Å². The Morgan fingerprint density at radius 1 is 1.24 bits per heavy atom.